The van der Waals surface area contributed by atoms with Gasteiger partial charge in [0, 0.05) is 24.7 Å². The van der Waals surface area contributed by atoms with E-state index in [0.29, 0.717) is 34.2 Å². The molecule has 9 nitrogen and oxygen atoms in total. The average Bonchev–Trinajstić information content (AvgIpc) is 3.40. The fourth-order valence-electron chi connectivity index (χ4n) is 3.34. The van der Waals surface area contributed by atoms with E-state index in [1.54, 1.807) is 37.7 Å². The third kappa shape index (κ3) is 5.62. The van der Waals surface area contributed by atoms with Crippen molar-refractivity contribution in [2.75, 3.05) is 10.0 Å². The smallest absolute Gasteiger partial charge is 0.355 e. The Morgan fingerprint density at radius 1 is 1.08 bits per heavy atom. The minimum atomic E-state index is -4.95. The number of aryl methyl sites for hydroxylation is 2. The van der Waals surface area contributed by atoms with Crippen LogP contribution in [0.4, 0.5) is 30.5 Å². The van der Waals surface area contributed by atoms with Crippen LogP contribution in [0.3, 0.4) is 0 Å². The highest BCUT2D eigenvalue weighted by molar-refractivity contribution is 7.93. The number of hydrogen-bond acceptors (Lipinski definition) is 7. The number of benzene rings is 2. The summed E-state index contributed by atoms with van der Waals surface area (Å²) in [5.41, 5.74) is 1.43. The number of alkyl halides is 2. The SMILES string of the molecule is Cc1cc(Nc2cc(-c3ccc(NS(=O)(=O)C(F)F)c(O[C@@H](C)c4ccc(F)cc4)c3)nn2C)no1. The molecule has 190 valence electrons. The Kier molecular flexibility index (Phi) is 6.93. The number of rotatable bonds is 9. The summed E-state index contributed by atoms with van der Waals surface area (Å²) in [5.74, 6) is -2.39. The van der Waals surface area contributed by atoms with Gasteiger partial charge in [-0.3, -0.25) is 9.40 Å². The van der Waals surface area contributed by atoms with E-state index in [1.807, 2.05) is 4.72 Å². The average molecular weight is 522 g/mol. The van der Waals surface area contributed by atoms with Crippen LogP contribution in [-0.2, 0) is 17.1 Å². The third-order valence-electron chi connectivity index (χ3n) is 5.17. The zero-order valence-corrected chi connectivity index (χ0v) is 20.2. The monoisotopic (exact) mass is 521 g/mol. The summed E-state index contributed by atoms with van der Waals surface area (Å²) in [6.45, 7) is 3.42. The molecule has 13 heteroatoms. The molecule has 1 atom stereocenters. The Balaban J connectivity index is 1.68. The van der Waals surface area contributed by atoms with Gasteiger partial charge in [-0.1, -0.05) is 23.4 Å². The molecule has 0 fully saturated rings. The molecule has 0 aliphatic carbocycles. The van der Waals surface area contributed by atoms with Crippen LogP contribution in [0.25, 0.3) is 11.3 Å². The summed E-state index contributed by atoms with van der Waals surface area (Å²) < 4.78 is 77.4. The number of nitrogens with zero attached hydrogens (tertiary/aromatic N) is 3. The lowest BCUT2D eigenvalue weighted by molar-refractivity contribution is 0.228. The highest BCUT2D eigenvalue weighted by Gasteiger charge is 2.26. The molecular formula is C23H22F3N5O4S. The second kappa shape index (κ2) is 9.93. The zero-order chi connectivity index (χ0) is 26.0. The molecule has 0 saturated carbocycles. The number of hydrogen-bond donors (Lipinski definition) is 2. The molecule has 0 aliphatic rings. The predicted molar refractivity (Wildman–Crippen MR) is 127 cm³/mol. The first-order chi connectivity index (χ1) is 17.0. The van der Waals surface area contributed by atoms with Gasteiger partial charge < -0.3 is 14.6 Å². The van der Waals surface area contributed by atoms with Crippen LogP contribution in [0.15, 0.2) is 59.1 Å². The molecule has 2 heterocycles. The second-order valence-electron chi connectivity index (χ2n) is 7.92. The fourth-order valence-corrected chi connectivity index (χ4v) is 3.90. The quantitative estimate of drug-likeness (QED) is 0.305. The zero-order valence-electron chi connectivity index (χ0n) is 19.4. The first-order valence-electron chi connectivity index (χ1n) is 10.6. The van der Waals surface area contributed by atoms with E-state index in [1.165, 1.54) is 42.5 Å². The Hall–Kier alpha value is -4.00. The second-order valence-corrected chi connectivity index (χ2v) is 9.57. The molecule has 0 unspecified atom stereocenters. The van der Waals surface area contributed by atoms with E-state index in [4.69, 9.17) is 9.26 Å². The van der Waals surface area contributed by atoms with Crippen LogP contribution in [0.2, 0.25) is 0 Å². The minimum absolute atomic E-state index is 0.0131. The molecule has 4 rings (SSSR count). The van der Waals surface area contributed by atoms with E-state index >= 15 is 0 Å². The van der Waals surface area contributed by atoms with Gasteiger partial charge in [0.2, 0.25) is 0 Å². The number of sulfonamides is 1. The first-order valence-corrected chi connectivity index (χ1v) is 12.2. The summed E-state index contributed by atoms with van der Waals surface area (Å²) in [6.07, 6.45) is -0.660. The molecule has 2 aromatic carbocycles. The summed E-state index contributed by atoms with van der Waals surface area (Å²) >= 11 is 0. The van der Waals surface area contributed by atoms with Crippen LogP contribution in [0, 0.1) is 12.7 Å². The molecule has 0 saturated heterocycles. The third-order valence-corrected chi connectivity index (χ3v) is 6.14. The summed E-state index contributed by atoms with van der Waals surface area (Å²) in [5, 5.41) is 11.4. The van der Waals surface area contributed by atoms with Crippen LogP contribution in [0.5, 0.6) is 5.75 Å². The van der Waals surface area contributed by atoms with Gasteiger partial charge in [0.1, 0.15) is 29.2 Å². The van der Waals surface area contributed by atoms with Gasteiger partial charge in [-0.25, -0.2) is 12.8 Å². The van der Waals surface area contributed by atoms with Gasteiger partial charge in [-0.15, -0.1) is 0 Å². The van der Waals surface area contributed by atoms with Gasteiger partial charge in [0.15, 0.2) is 5.82 Å². The van der Waals surface area contributed by atoms with E-state index in [9.17, 15) is 21.6 Å². The largest absolute Gasteiger partial charge is 0.484 e. The molecule has 4 aromatic rings. The molecule has 36 heavy (non-hydrogen) atoms. The van der Waals surface area contributed by atoms with E-state index in [0.717, 1.165) is 0 Å². The van der Waals surface area contributed by atoms with Crippen molar-refractivity contribution in [2.24, 2.45) is 7.05 Å². The molecule has 0 bridgehead atoms. The van der Waals surface area contributed by atoms with Gasteiger partial charge in [0.25, 0.3) is 10.0 Å². The summed E-state index contributed by atoms with van der Waals surface area (Å²) in [6, 6.07) is 13.3. The lowest BCUT2D eigenvalue weighted by Gasteiger charge is -2.19. The molecular weight excluding hydrogens is 499 g/mol. The maximum Gasteiger partial charge on any atom is 0.355 e. The fraction of sp³-hybridized carbons (Fsp3) is 0.217. The normalized spacial score (nSPS) is 12.5. The van der Waals surface area contributed by atoms with Crippen LogP contribution in [-0.4, -0.2) is 29.1 Å². The molecule has 0 radical (unpaired) electrons. The Bertz CT molecular complexity index is 1470. The lowest BCUT2D eigenvalue weighted by atomic mass is 10.1. The van der Waals surface area contributed by atoms with Crippen LogP contribution >= 0.6 is 0 Å². The minimum Gasteiger partial charge on any atom is -0.484 e. The van der Waals surface area contributed by atoms with Crippen molar-refractivity contribution in [2.45, 2.75) is 25.7 Å². The number of halogens is 3. The van der Waals surface area contributed by atoms with Gasteiger partial charge in [0.05, 0.1) is 11.4 Å². The van der Waals surface area contributed by atoms with E-state index in [-0.39, 0.29) is 11.4 Å². The highest BCUT2D eigenvalue weighted by atomic mass is 32.2. The molecule has 2 N–H and O–H groups in total. The molecule has 0 spiro atoms. The maximum absolute atomic E-state index is 13.3. The highest BCUT2D eigenvalue weighted by Crippen LogP contribution is 2.35. The summed E-state index contributed by atoms with van der Waals surface area (Å²) in [7, 11) is -3.24. The Morgan fingerprint density at radius 2 is 1.81 bits per heavy atom. The molecule has 2 aromatic heterocycles. The van der Waals surface area contributed by atoms with E-state index in [2.05, 4.69) is 15.6 Å². The predicted octanol–water partition coefficient (Wildman–Crippen LogP) is 5.37. The van der Waals surface area contributed by atoms with E-state index < -0.39 is 27.7 Å². The Labute approximate surface area is 204 Å². The van der Waals surface area contributed by atoms with Crippen molar-refractivity contribution in [3.63, 3.8) is 0 Å². The number of aromatic nitrogens is 3. The lowest BCUT2D eigenvalue weighted by Crippen LogP contribution is -2.21. The van der Waals surface area contributed by atoms with Crippen molar-refractivity contribution in [3.05, 3.63) is 71.7 Å². The standard InChI is InChI=1S/C23H22F3N5O4S/c1-13-10-21(29-35-13)27-22-12-19(28-31(22)3)16-6-9-18(30-36(32,33)23(25)26)20(11-16)34-14(2)15-4-7-17(24)8-5-15/h4-12,14,23,30H,1-3H3,(H,27,29)/t14-/m0/s1. The Morgan fingerprint density at radius 3 is 2.44 bits per heavy atom. The molecule has 0 aliphatic heterocycles. The van der Waals surface area contributed by atoms with Crippen molar-refractivity contribution in [1.82, 2.24) is 14.9 Å². The first kappa shape index (κ1) is 25.1. The van der Waals surface area contributed by atoms with Crippen molar-refractivity contribution in [3.8, 4) is 17.0 Å². The van der Waals surface area contributed by atoms with Gasteiger partial charge in [-0.2, -0.15) is 13.9 Å². The van der Waals surface area contributed by atoms with Crippen molar-refractivity contribution in [1.29, 1.82) is 0 Å². The summed E-state index contributed by atoms with van der Waals surface area (Å²) in [4.78, 5) is 0. The topological polar surface area (TPSA) is 111 Å². The van der Waals surface area contributed by atoms with Crippen LogP contribution < -0.4 is 14.8 Å². The maximum atomic E-state index is 13.3. The number of ether oxygens (including phenoxy) is 1. The van der Waals surface area contributed by atoms with Crippen molar-refractivity contribution < 1.29 is 30.8 Å². The number of nitrogens with one attached hydrogen (secondary N) is 2. The number of anilines is 3. The molecule has 0 amide bonds. The van der Waals surface area contributed by atoms with Crippen LogP contribution in [0.1, 0.15) is 24.4 Å². The van der Waals surface area contributed by atoms with Crippen molar-refractivity contribution >= 4 is 27.3 Å². The van der Waals surface area contributed by atoms with Gasteiger partial charge in [-0.05, 0) is 43.7 Å². The van der Waals surface area contributed by atoms with Gasteiger partial charge >= 0.3 is 5.76 Å².